The first-order valence-electron chi connectivity index (χ1n) is 6.50. The Morgan fingerprint density at radius 2 is 0.852 bits per heavy atom. The summed E-state index contributed by atoms with van der Waals surface area (Å²) in [6, 6.07) is 12.8. The van der Waals surface area contributed by atoms with Gasteiger partial charge in [-0.25, -0.2) is 16.8 Å². The summed E-state index contributed by atoms with van der Waals surface area (Å²) in [5, 5.41) is 0. The second-order valence-corrected chi connectivity index (χ2v) is 8.98. The van der Waals surface area contributed by atoms with Gasteiger partial charge in [-0.15, -0.1) is 8.48 Å². The van der Waals surface area contributed by atoms with Crippen LogP contribution in [0.5, 0.6) is 0 Å². The van der Waals surface area contributed by atoms with Gasteiger partial charge >= 0.3 is 59.1 Å². The van der Waals surface area contributed by atoms with Crippen molar-refractivity contribution >= 4 is 103 Å². The van der Waals surface area contributed by atoms with Gasteiger partial charge in [-0.2, -0.15) is 0 Å². The van der Waals surface area contributed by atoms with E-state index in [9.17, 15) is 16.8 Å². The molecule has 0 saturated carbocycles. The molecule has 0 aliphatic heterocycles. The zero-order valence-electron chi connectivity index (χ0n) is 13.3. The Morgan fingerprint density at radius 1 is 0.630 bits per heavy atom. The fourth-order valence-electron chi connectivity index (χ4n) is 1.52. The number of benzene rings is 2. The molecule has 2 aromatic rings. The number of hydrogen-bond acceptors (Lipinski definition) is 4. The molecule has 4 N–H and O–H groups in total. The van der Waals surface area contributed by atoms with Crippen molar-refractivity contribution in [2.24, 2.45) is 0 Å². The molecule has 7 nitrogen and oxygen atoms in total. The zero-order chi connectivity index (χ0) is 18.4. The van der Waals surface area contributed by atoms with E-state index in [2.05, 4.69) is 0 Å². The second-order valence-electron chi connectivity index (χ2n) is 4.79. The molecule has 0 heterocycles. The maximum atomic E-state index is 11.1. The summed E-state index contributed by atoms with van der Waals surface area (Å²) in [5.74, 6) is 0. The Bertz CT molecular complexity index is 803. The van der Waals surface area contributed by atoms with E-state index in [1.54, 1.807) is 32.7 Å². The number of rotatable bonds is 4. The Hall–Kier alpha value is 0.800. The number of halogens is 2. The van der Waals surface area contributed by atoms with Gasteiger partial charge in [-0.3, -0.25) is 0 Å². The molecule has 27 heavy (non-hydrogen) atoms. The molecule has 0 radical (unpaired) electrons. The van der Waals surface area contributed by atoms with E-state index in [1.165, 1.54) is 24.3 Å². The molecule has 0 saturated heterocycles. The normalized spacial score (nSPS) is 10.2. The standard InChI is InChI=1S/2C7H8ClNO2S.2Na.H2O.2H/c2*1-6-2-4-7(5-3-6)12(10,11)9-8;;;;;/h2*2-5,9H,1H3;;;1H2;;. The second kappa shape index (κ2) is 14.7. The molecule has 0 amide bonds. The van der Waals surface area contributed by atoms with Crippen molar-refractivity contribution in [3.05, 3.63) is 59.7 Å². The van der Waals surface area contributed by atoms with Gasteiger partial charge in [0, 0.05) is 0 Å². The van der Waals surface area contributed by atoms with Gasteiger partial charge in [-0.1, -0.05) is 35.4 Å². The predicted octanol–water partition coefficient (Wildman–Crippen LogP) is 0.733. The van der Waals surface area contributed by atoms with Crippen molar-refractivity contribution in [1.29, 1.82) is 0 Å². The zero-order valence-corrected chi connectivity index (χ0v) is 16.5. The Balaban J connectivity index is -0.000000384. The summed E-state index contributed by atoms with van der Waals surface area (Å²) in [4.78, 5) is 0.339. The maximum absolute atomic E-state index is 11.1. The van der Waals surface area contributed by atoms with E-state index in [0.717, 1.165) is 11.1 Å². The quantitative estimate of drug-likeness (QED) is 0.498. The van der Waals surface area contributed by atoms with Crippen molar-refractivity contribution < 1.29 is 22.3 Å². The molecule has 0 aromatic heterocycles. The first kappa shape index (κ1) is 32.5. The van der Waals surface area contributed by atoms with Gasteiger partial charge in [0.1, 0.15) is 0 Å². The summed E-state index contributed by atoms with van der Waals surface area (Å²) in [6.45, 7) is 3.76. The van der Waals surface area contributed by atoms with Crippen LogP contribution in [0.3, 0.4) is 0 Å². The predicted molar refractivity (Wildman–Crippen MR) is 113 cm³/mol. The van der Waals surface area contributed by atoms with Crippen LogP contribution < -0.4 is 8.48 Å². The van der Waals surface area contributed by atoms with E-state index in [-0.39, 0.29) is 74.4 Å². The van der Waals surface area contributed by atoms with E-state index < -0.39 is 20.0 Å². The number of aryl methyl sites for hydroxylation is 2. The molecule has 2 aromatic carbocycles. The number of nitrogens with one attached hydrogen (secondary N) is 2. The van der Waals surface area contributed by atoms with Gasteiger partial charge in [0.15, 0.2) is 0 Å². The Morgan fingerprint density at radius 3 is 1.04 bits per heavy atom. The van der Waals surface area contributed by atoms with Crippen LogP contribution in [0.1, 0.15) is 11.1 Å². The van der Waals surface area contributed by atoms with Crippen molar-refractivity contribution in [3.8, 4) is 0 Å². The van der Waals surface area contributed by atoms with E-state index in [4.69, 9.17) is 23.6 Å². The third-order valence-corrected chi connectivity index (χ3v) is 6.28. The van der Waals surface area contributed by atoms with Gasteiger partial charge in [0.2, 0.25) is 0 Å². The summed E-state index contributed by atoms with van der Waals surface area (Å²) in [7, 11) is -7.00. The molecule has 0 atom stereocenters. The average Bonchev–Trinajstić information content (AvgIpc) is 2.56. The first-order chi connectivity index (χ1) is 11.1. The van der Waals surface area contributed by atoms with E-state index in [1.807, 2.05) is 13.8 Å². The summed E-state index contributed by atoms with van der Waals surface area (Å²) in [5.41, 5.74) is 2.01. The van der Waals surface area contributed by atoms with Crippen molar-refractivity contribution in [2.45, 2.75) is 23.6 Å². The molecule has 0 aliphatic rings. The summed E-state index contributed by atoms with van der Waals surface area (Å²) < 4.78 is 47.7. The SMILES string of the molecule is Cc1ccc(S(=O)(=O)NCl)cc1.Cc1ccc(S(=O)(=O)NCl)cc1.O.[NaH].[NaH]. The van der Waals surface area contributed by atoms with Gasteiger partial charge in [0.25, 0.3) is 20.0 Å². The van der Waals surface area contributed by atoms with Crippen molar-refractivity contribution in [3.63, 3.8) is 0 Å². The van der Waals surface area contributed by atoms with Gasteiger partial charge in [-0.05, 0) is 61.7 Å². The molecule has 144 valence electrons. The molecule has 0 aliphatic carbocycles. The molecule has 0 spiro atoms. The third kappa shape index (κ3) is 10.9. The van der Waals surface area contributed by atoms with Crippen molar-refractivity contribution in [2.75, 3.05) is 0 Å². The van der Waals surface area contributed by atoms with Gasteiger partial charge < -0.3 is 5.48 Å². The van der Waals surface area contributed by atoms with Crippen LogP contribution in [-0.4, -0.2) is 81.4 Å². The van der Waals surface area contributed by atoms with Crippen LogP contribution in [0.2, 0.25) is 0 Å². The van der Waals surface area contributed by atoms with Crippen LogP contribution in [0.4, 0.5) is 0 Å². The topological polar surface area (TPSA) is 124 Å². The van der Waals surface area contributed by atoms with Crippen molar-refractivity contribution in [1.82, 2.24) is 8.48 Å². The molecule has 2 rings (SSSR count). The minimum absolute atomic E-state index is 0. The average molecular weight is 477 g/mol. The fourth-order valence-corrected chi connectivity index (χ4v) is 3.23. The fraction of sp³-hybridized carbons (Fsp3) is 0.143. The minimum atomic E-state index is -3.50. The molecular formula is C14H20Cl2N2Na2O5S2. The van der Waals surface area contributed by atoms with E-state index >= 15 is 0 Å². The first-order valence-corrected chi connectivity index (χ1v) is 10.2. The van der Waals surface area contributed by atoms with Crippen LogP contribution in [0.15, 0.2) is 58.3 Å². The molecule has 13 heteroatoms. The molecular weight excluding hydrogens is 457 g/mol. The van der Waals surface area contributed by atoms with Crippen LogP contribution in [-0.2, 0) is 20.0 Å². The van der Waals surface area contributed by atoms with Crippen LogP contribution >= 0.6 is 23.6 Å². The third-order valence-electron chi connectivity index (χ3n) is 2.87. The van der Waals surface area contributed by atoms with Crippen LogP contribution in [0.25, 0.3) is 0 Å². The monoisotopic (exact) mass is 476 g/mol. The number of hydrogen-bond donors (Lipinski definition) is 2. The number of sulfonamides is 2. The Kier molecular flexibility index (Phi) is 17.7. The summed E-state index contributed by atoms with van der Waals surface area (Å²) >= 11 is 10.1. The molecule has 0 bridgehead atoms. The molecule has 0 fully saturated rings. The summed E-state index contributed by atoms with van der Waals surface area (Å²) in [6.07, 6.45) is 0. The van der Waals surface area contributed by atoms with E-state index in [0.29, 0.717) is 0 Å². The van der Waals surface area contributed by atoms with Crippen LogP contribution in [0, 0.1) is 13.8 Å². The van der Waals surface area contributed by atoms with Gasteiger partial charge in [0.05, 0.1) is 9.79 Å². The molecule has 0 unspecified atom stereocenters. The Labute approximate surface area is 214 Å².